The van der Waals surface area contributed by atoms with Crippen molar-refractivity contribution in [2.24, 2.45) is 5.92 Å². The van der Waals surface area contributed by atoms with Gasteiger partial charge >= 0.3 is 0 Å². The highest BCUT2D eigenvalue weighted by molar-refractivity contribution is 5.79. The minimum atomic E-state index is 0.429. The van der Waals surface area contributed by atoms with Crippen LogP contribution in [0, 0.1) is 5.92 Å². The molecule has 1 heterocycles. The molecule has 4 heteroatoms. The number of aromatic amines is 1. The van der Waals surface area contributed by atoms with Gasteiger partial charge in [-0.15, -0.1) is 0 Å². The Morgan fingerprint density at radius 3 is 2.95 bits per heavy atom. The number of imidazole rings is 1. The van der Waals surface area contributed by atoms with Crippen LogP contribution < -0.4 is 4.90 Å². The molecule has 1 aromatic heterocycles. The van der Waals surface area contributed by atoms with Gasteiger partial charge in [-0.3, -0.25) is 4.79 Å². The molecule has 1 aliphatic carbocycles. The lowest BCUT2D eigenvalue weighted by Gasteiger charge is -2.28. The van der Waals surface area contributed by atoms with E-state index in [2.05, 4.69) is 34.0 Å². The SMILES string of the molecule is CN(CC1CCC(=O)CC1)c1ccc2nc[nH]c2c1. The predicted molar refractivity (Wildman–Crippen MR) is 76.3 cm³/mol. The zero-order valence-corrected chi connectivity index (χ0v) is 11.2. The summed E-state index contributed by atoms with van der Waals surface area (Å²) < 4.78 is 0. The van der Waals surface area contributed by atoms with Crippen LogP contribution in [0.5, 0.6) is 0 Å². The Morgan fingerprint density at radius 2 is 2.16 bits per heavy atom. The summed E-state index contributed by atoms with van der Waals surface area (Å²) in [6, 6.07) is 6.29. The van der Waals surface area contributed by atoms with Crippen LogP contribution >= 0.6 is 0 Å². The molecule has 2 aromatic rings. The van der Waals surface area contributed by atoms with Crippen molar-refractivity contribution in [2.45, 2.75) is 25.7 Å². The van der Waals surface area contributed by atoms with Crippen LogP contribution in [0.4, 0.5) is 5.69 Å². The zero-order chi connectivity index (χ0) is 13.2. The van der Waals surface area contributed by atoms with Crippen molar-refractivity contribution < 1.29 is 4.79 Å². The first kappa shape index (κ1) is 12.2. The Labute approximate surface area is 112 Å². The van der Waals surface area contributed by atoms with Gasteiger partial charge in [-0.1, -0.05) is 0 Å². The van der Waals surface area contributed by atoms with Gasteiger partial charge in [-0.05, 0) is 37.0 Å². The fourth-order valence-corrected chi connectivity index (χ4v) is 2.84. The van der Waals surface area contributed by atoms with Crippen molar-refractivity contribution in [3.8, 4) is 0 Å². The number of ketones is 1. The number of carbonyl (C=O) groups is 1. The lowest BCUT2D eigenvalue weighted by molar-refractivity contribution is -0.120. The van der Waals surface area contributed by atoms with Gasteiger partial charge in [0.1, 0.15) is 5.78 Å². The smallest absolute Gasteiger partial charge is 0.132 e. The normalized spacial score (nSPS) is 17.0. The number of hydrogen-bond acceptors (Lipinski definition) is 3. The predicted octanol–water partition coefficient (Wildman–Crippen LogP) is 2.76. The molecule has 1 fully saturated rings. The van der Waals surface area contributed by atoms with Crippen LogP contribution in [0.25, 0.3) is 11.0 Å². The number of anilines is 1. The van der Waals surface area contributed by atoms with Gasteiger partial charge in [-0.25, -0.2) is 4.98 Å². The number of H-pyrrole nitrogens is 1. The van der Waals surface area contributed by atoms with Gasteiger partial charge in [-0.2, -0.15) is 0 Å². The Hall–Kier alpha value is -1.84. The van der Waals surface area contributed by atoms with Crippen LogP contribution in [0.1, 0.15) is 25.7 Å². The summed E-state index contributed by atoms with van der Waals surface area (Å²) >= 11 is 0. The number of benzene rings is 1. The second kappa shape index (κ2) is 5.03. The molecule has 0 saturated heterocycles. The first-order valence-corrected chi connectivity index (χ1v) is 6.88. The molecule has 3 rings (SSSR count). The second-order valence-electron chi connectivity index (χ2n) is 5.47. The molecule has 19 heavy (non-hydrogen) atoms. The van der Waals surface area contributed by atoms with E-state index < -0.39 is 0 Å². The van der Waals surface area contributed by atoms with Crippen molar-refractivity contribution in [1.82, 2.24) is 9.97 Å². The van der Waals surface area contributed by atoms with Crippen LogP contribution in [0.15, 0.2) is 24.5 Å². The number of aromatic nitrogens is 2. The van der Waals surface area contributed by atoms with Crippen LogP contribution in [-0.2, 0) is 4.79 Å². The number of nitrogens with one attached hydrogen (secondary N) is 1. The van der Waals surface area contributed by atoms with Crippen molar-refractivity contribution in [1.29, 1.82) is 0 Å². The molecule has 1 aliphatic rings. The summed E-state index contributed by atoms with van der Waals surface area (Å²) in [4.78, 5) is 20.9. The van der Waals surface area contributed by atoms with Gasteiger partial charge in [0.25, 0.3) is 0 Å². The first-order valence-electron chi connectivity index (χ1n) is 6.88. The summed E-state index contributed by atoms with van der Waals surface area (Å²) in [5.74, 6) is 1.07. The van der Waals surface area contributed by atoms with Gasteiger partial charge in [0.2, 0.25) is 0 Å². The van der Waals surface area contributed by atoms with Crippen molar-refractivity contribution in [3.05, 3.63) is 24.5 Å². The van der Waals surface area contributed by atoms with Crippen molar-refractivity contribution in [3.63, 3.8) is 0 Å². The third kappa shape index (κ3) is 2.62. The van der Waals surface area contributed by atoms with Gasteiger partial charge in [0.15, 0.2) is 0 Å². The summed E-state index contributed by atoms with van der Waals surface area (Å²) in [5.41, 5.74) is 3.28. The van der Waals surface area contributed by atoms with E-state index in [1.165, 1.54) is 5.69 Å². The molecular formula is C15H19N3O. The fourth-order valence-electron chi connectivity index (χ4n) is 2.84. The van der Waals surface area contributed by atoms with Crippen molar-refractivity contribution >= 4 is 22.5 Å². The Morgan fingerprint density at radius 1 is 1.37 bits per heavy atom. The molecule has 0 aliphatic heterocycles. The standard InChI is InChI=1S/C15H19N3O/c1-18(9-11-2-5-13(19)6-3-11)12-4-7-14-15(8-12)17-10-16-14/h4,7-8,10-11H,2-3,5-6,9H2,1H3,(H,16,17). The van der Waals surface area contributed by atoms with E-state index in [1.54, 1.807) is 6.33 Å². The van der Waals surface area contributed by atoms with E-state index >= 15 is 0 Å². The number of nitrogens with zero attached hydrogens (tertiary/aromatic N) is 2. The van der Waals surface area contributed by atoms with E-state index in [1.807, 2.05) is 6.07 Å². The van der Waals surface area contributed by atoms with E-state index in [9.17, 15) is 4.79 Å². The highest BCUT2D eigenvalue weighted by Crippen LogP contribution is 2.25. The molecule has 1 aromatic carbocycles. The highest BCUT2D eigenvalue weighted by atomic mass is 16.1. The molecule has 0 spiro atoms. The summed E-state index contributed by atoms with van der Waals surface area (Å²) in [5, 5.41) is 0. The van der Waals surface area contributed by atoms with E-state index in [4.69, 9.17) is 0 Å². The van der Waals surface area contributed by atoms with E-state index in [0.29, 0.717) is 11.7 Å². The van der Waals surface area contributed by atoms with E-state index in [0.717, 1.165) is 43.3 Å². The van der Waals surface area contributed by atoms with Crippen LogP contribution in [0.2, 0.25) is 0 Å². The highest BCUT2D eigenvalue weighted by Gasteiger charge is 2.20. The fraction of sp³-hybridized carbons (Fsp3) is 0.467. The third-order valence-electron chi connectivity index (χ3n) is 4.04. The molecule has 0 atom stereocenters. The Kier molecular flexibility index (Phi) is 3.23. The maximum atomic E-state index is 11.3. The summed E-state index contributed by atoms with van der Waals surface area (Å²) in [7, 11) is 2.12. The quantitative estimate of drug-likeness (QED) is 0.919. The Bertz CT molecular complexity index is 580. The van der Waals surface area contributed by atoms with E-state index in [-0.39, 0.29) is 0 Å². The third-order valence-corrected chi connectivity index (χ3v) is 4.04. The largest absolute Gasteiger partial charge is 0.374 e. The monoisotopic (exact) mass is 257 g/mol. The average molecular weight is 257 g/mol. The summed E-state index contributed by atoms with van der Waals surface area (Å²) in [6.07, 6.45) is 5.32. The maximum Gasteiger partial charge on any atom is 0.132 e. The molecule has 0 bridgehead atoms. The number of fused-ring (bicyclic) bond motifs is 1. The lowest BCUT2D eigenvalue weighted by atomic mass is 9.88. The average Bonchev–Trinajstić information content (AvgIpc) is 2.88. The van der Waals surface area contributed by atoms with Gasteiger partial charge in [0.05, 0.1) is 17.4 Å². The molecule has 1 N–H and O–H groups in total. The summed E-state index contributed by atoms with van der Waals surface area (Å²) in [6.45, 7) is 1.02. The number of rotatable bonds is 3. The van der Waals surface area contributed by atoms with Gasteiger partial charge < -0.3 is 9.88 Å². The molecule has 1 saturated carbocycles. The molecule has 100 valence electrons. The number of carbonyl (C=O) groups excluding carboxylic acids is 1. The van der Waals surface area contributed by atoms with Crippen molar-refractivity contribution in [2.75, 3.05) is 18.5 Å². The Balaban J connectivity index is 1.69. The topological polar surface area (TPSA) is 49.0 Å². The minimum Gasteiger partial charge on any atom is -0.374 e. The second-order valence-corrected chi connectivity index (χ2v) is 5.47. The zero-order valence-electron chi connectivity index (χ0n) is 11.2. The van der Waals surface area contributed by atoms with Gasteiger partial charge in [0, 0.05) is 32.1 Å². The van der Waals surface area contributed by atoms with Crippen LogP contribution in [0.3, 0.4) is 0 Å². The molecule has 4 nitrogen and oxygen atoms in total. The molecule has 0 amide bonds. The first-order chi connectivity index (χ1) is 9.22. The molecule has 0 radical (unpaired) electrons. The maximum absolute atomic E-state index is 11.3. The number of hydrogen-bond donors (Lipinski definition) is 1. The number of Topliss-reactive ketones (excluding diaryl/α,β-unsaturated/α-hetero) is 1. The van der Waals surface area contributed by atoms with Crippen LogP contribution in [-0.4, -0.2) is 29.3 Å². The minimum absolute atomic E-state index is 0.429. The molecule has 0 unspecified atom stereocenters. The molecular weight excluding hydrogens is 238 g/mol. The lowest BCUT2D eigenvalue weighted by Crippen LogP contribution is -2.28.